The Bertz CT molecular complexity index is 321. The van der Waals surface area contributed by atoms with Crippen molar-refractivity contribution < 1.29 is 5.11 Å². The highest BCUT2D eigenvalue weighted by Gasteiger charge is 2.18. The van der Waals surface area contributed by atoms with Crippen LogP contribution in [0.5, 0.6) is 0 Å². The van der Waals surface area contributed by atoms with Crippen LogP contribution in [0.2, 0.25) is 0 Å². The molecular weight excluding hydrogens is 286 g/mol. The van der Waals surface area contributed by atoms with Gasteiger partial charge in [0.2, 0.25) is 0 Å². The molecule has 2 rings (SSSR count). The first-order valence-electron chi connectivity index (χ1n) is 5.86. The van der Waals surface area contributed by atoms with E-state index in [1.807, 2.05) is 0 Å². The van der Waals surface area contributed by atoms with E-state index < -0.39 is 0 Å². The fourth-order valence-corrected chi connectivity index (χ4v) is 3.65. The Morgan fingerprint density at radius 1 is 1.38 bits per heavy atom. The SMILES string of the molecule is OC1CCC(CNCc2sccc2Br)CC1. The molecule has 0 spiro atoms. The Kier molecular flexibility index (Phi) is 4.82. The average Bonchev–Trinajstić information content (AvgIpc) is 2.68. The summed E-state index contributed by atoms with van der Waals surface area (Å²) >= 11 is 5.32. The molecule has 0 aromatic carbocycles. The number of hydrogen-bond donors (Lipinski definition) is 2. The van der Waals surface area contributed by atoms with Crippen LogP contribution < -0.4 is 5.32 Å². The van der Waals surface area contributed by atoms with Gasteiger partial charge in [0, 0.05) is 15.9 Å². The molecule has 90 valence electrons. The van der Waals surface area contributed by atoms with Crippen LogP contribution in [0, 0.1) is 5.92 Å². The van der Waals surface area contributed by atoms with Gasteiger partial charge in [0.25, 0.3) is 0 Å². The van der Waals surface area contributed by atoms with Crippen LogP contribution in [0.4, 0.5) is 0 Å². The predicted octanol–water partition coefficient (Wildman–Crippen LogP) is 3.15. The van der Waals surface area contributed by atoms with Gasteiger partial charge in [0.05, 0.1) is 6.10 Å². The van der Waals surface area contributed by atoms with E-state index in [0.29, 0.717) is 0 Å². The summed E-state index contributed by atoms with van der Waals surface area (Å²) in [6.07, 6.45) is 4.26. The lowest BCUT2D eigenvalue weighted by Gasteiger charge is -2.25. The molecule has 0 aliphatic heterocycles. The van der Waals surface area contributed by atoms with Gasteiger partial charge in [0.1, 0.15) is 0 Å². The van der Waals surface area contributed by atoms with Crippen molar-refractivity contribution >= 4 is 27.3 Å². The smallest absolute Gasteiger partial charge is 0.0540 e. The van der Waals surface area contributed by atoms with Gasteiger partial charge < -0.3 is 10.4 Å². The van der Waals surface area contributed by atoms with Crippen molar-refractivity contribution in [3.8, 4) is 0 Å². The second-order valence-corrected chi connectivity index (χ2v) is 6.35. The third-order valence-corrected chi connectivity index (χ3v) is 5.15. The molecule has 0 radical (unpaired) electrons. The molecule has 0 bridgehead atoms. The average molecular weight is 304 g/mol. The molecular formula is C12H18BrNOS. The molecule has 0 amide bonds. The maximum atomic E-state index is 9.41. The minimum Gasteiger partial charge on any atom is -0.393 e. The maximum Gasteiger partial charge on any atom is 0.0540 e. The van der Waals surface area contributed by atoms with Crippen molar-refractivity contribution in [2.75, 3.05) is 6.54 Å². The lowest BCUT2D eigenvalue weighted by atomic mass is 9.87. The molecule has 0 saturated heterocycles. The second-order valence-electron chi connectivity index (χ2n) is 4.50. The summed E-state index contributed by atoms with van der Waals surface area (Å²) < 4.78 is 1.21. The lowest BCUT2D eigenvalue weighted by Crippen LogP contribution is -2.27. The van der Waals surface area contributed by atoms with Crippen LogP contribution in [0.25, 0.3) is 0 Å². The first-order valence-corrected chi connectivity index (χ1v) is 7.53. The van der Waals surface area contributed by atoms with Crippen molar-refractivity contribution in [3.63, 3.8) is 0 Å². The Labute approximate surface area is 109 Å². The van der Waals surface area contributed by atoms with E-state index in [1.165, 1.54) is 22.2 Å². The summed E-state index contributed by atoms with van der Waals surface area (Å²) in [6, 6.07) is 2.10. The maximum absolute atomic E-state index is 9.41. The first kappa shape index (κ1) is 12.6. The van der Waals surface area contributed by atoms with E-state index in [4.69, 9.17) is 0 Å². The summed E-state index contributed by atoms with van der Waals surface area (Å²) in [6.45, 7) is 2.04. The van der Waals surface area contributed by atoms with E-state index in [-0.39, 0.29) is 6.10 Å². The summed E-state index contributed by atoms with van der Waals surface area (Å²) in [5, 5.41) is 15.0. The van der Waals surface area contributed by atoms with Crippen molar-refractivity contribution in [2.45, 2.75) is 38.3 Å². The van der Waals surface area contributed by atoms with Crippen LogP contribution in [0.15, 0.2) is 15.9 Å². The molecule has 0 atom stereocenters. The Morgan fingerprint density at radius 2 is 2.12 bits per heavy atom. The van der Waals surface area contributed by atoms with E-state index in [2.05, 4.69) is 32.7 Å². The normalized spacial score (nSPS) is 25.9. The predicted molar refractivity (Wildman–Crippen MR) is 71.7 cm³/mol. The molecule has 16 heavy (non-hydrogen) atoms. The van der Waals surface area contributed by atoms with Crippen LogP contribution in [0.3, 0.4) is 0 Å². The molecule has 1 saturated carbocycles. The van der Waals surface area contributed by atoms with Gasteiger partial charge in [-0.1, -0.05) is 0 Å². The molecule has 1 aromatic rings. The molecule has 4 heteroatoms. The molecule has 1 aromatic heterocycles. The first-order chi connectivity index (χ1) is 7.75. The lowest BCUT2D eigenvalue weighted by molar-refractivity contribution is 0.108. The van der Waals surface area contributed by atoms with Gasteiger partial charge in [0.15, 0.2) is 0 Å². The number of rotatable bonds is 4. The highest BCUT2D eigenvalue weighted by atomic mass is 79.9. The zero-order valence-corrected chi connectivity index (χ0v) is 11.7. The minimum atomic E-state index is -0.0392. The molecule has 1 aliphatic carbocycles. The van der Waals surface area contributed by atoms with Gasteiger partial charge in [-0.2, -0.15) is 0 Å². The van der Waals surface area contributed by atoms with Gasteiger partial charge in [-0.05, 0) is 65.5 Å². The number of hydrogen-bond acceptors (Lipinski definition) is 3. The summed E-state index contributed by atoms with van der Waals surface area (Å²) in [7, 11) is 0. The van der Waals surface area contributed by atoms with Crippen molar-refractivity contribution in [1.29, 1.82) is 0 Å². The molecule has 0 unspecified atom stereocenters. The fraction of sp³-hybridized carbons (Fsp3) is 0.667. The van der Waals surface area contributed by atoms with E-state index >= 15 is 0 Å². The Hall–Kier alpha value is 0.100. The number of nitrogens with one attached hydrogen (secondary N) is 1. The monoisotopic (exact) mass is 303 g/mol. The number of aliphatic hydroxyl groups is 1. The standard InChI is InChI=1S/C12H18BrNOS/c13-11-5-6-16-12(11)8-14-7-9-1-3-10(15)4-2-9/h5-6,9-10,14-15H,1-4,7-8H2. The van der Waals surface area contributed by atoms with Crippen LogP contribution in [-0.4, -0.2) is 17.8 Å². The van der Waals surface area contributed by atoms with E-state index in [0.717, 1.165) is 31.8 Å². The van der Waals surface area contributed by atoms with Crippen molar-refractivity contribution in [3.05, 3.63) is 20.8 Å². The fourth-order valence-electron chi connectivity index (χ4n) is 2.19. The highest BCUT2D eigenvalue weighted by molar-refractivity contribution is 9.10. The summed E-state index contributed by atoms with van der Waals surface area (Å²) in [4.78, 5) is 1.37. The van der Waals surface area contributed by atoms with E-state index in [1.54, 1.807) is 11.3 Å². The summed E-state index contributed by atoms with van der Waals surface area (Å²) in [5.74, 6) is 0.752. The zero-order chi connectivity index (χ0) is 11.4. The van der Waals surface area contributed by atoms with Gasteiger partial charge in [-0.15, -0.1) is 11.3 Å². The quantitative estimate of drug-likeness (QED) is 0.895. The van der Waals surface area contributed by atoms with Crippen LogP contribution in [0.1, 0.15) is 30.6 Å². The highest BCUT2D eigenvalue weighted by Crippen LogP contribution is 2.25. The molecule has 2 nitrogen and oxygen atoms in total. The minimum absolute atomic E-state index is 0.0392. The van der Waals surface area contributed by atoms with Crippen molar-refractivity contribution in [2.24, 2.45) is 5.92 Å². The van der Waals surface area contributed by atoms with Gasteiger partial charge >= 0.3 is 0 Å². The Balaban J connectivity index is 1.67. The number of aliphatic hydroxyl groups excluding tert-OH is 1. The van der Waals surface area contributed by atoms with Gasteiger partial charge in [-0.25, -0.2) is 0 Å². The zero-order valence-electron chi connectivity index (χ0n) is 9.29. The molecule has 1 heterocycles. The molecule has 2 N–H and O–H groups in total. The summed E-state index contributed by atoms with van der Waals surface area (Å²) in [5.41, 5.74) is 0. The molecule has 1 aliphatic rings. The van der Waals surface area contributed by atoms with Crippen LogP contribution >= 0.6 is 27.3 Å². The van der Waals surface area contributed by atoms with E-state index in [9.17, 15) is 5.11 Å². The third-order valence-electron chi connectivity index (χ3n) is 3.23. The van der Waals surface area contributed by atoms with Crippen LogP contribution in [-0.2, 0) is 6.54 Å². The van der Waals surface area contributed by atoms with Gasteiger partial charge in [-0.3, -0.25) is 0 Å². The largest absolute Gasteiger partial charge is 0.393 e. The Morgan fingerprint density at radius 3 is 2.75 bits per heavy atom. The molecule has 1 fully saturated rings. The second kappa shape index (κ2) is 6.15. The topological polar surface area (TPSA) is 32.3 Å². The number of halogens is 1. The van der Waals surface area contributed by atoms with Crippen molar-refractivity contribution in [1.82, 2.24) is 5.32 Å². The number of thiophene rings is 1. The third kappa shape index (κ3) is 3.55.